The first kappa shape index (κ1) is 9.94. The third kappa shape index (κ3) is 3.60. The Hall–Kier alpha value is -1.06. The molecule has 0 N–H and O–H groups in total. The van der Waals surface area contributed by atoms with Gasteiger partial charge in [0.05, 0.1) is 0 Å². The summed E-state index contributed by atoms with van der Waals surface area (Å²) in [6.07, 6.45) is -0.789. The molecule has 0 saturated heterocycles. The van der Waals surface area contributed by atoms with Crippen LogP contribution in [0.2, 0.25) is 0 Å². The van der Waals surface area contributed by atoms with Crippen molar-refractivity contribution in [3.8, 4) is 0 Å². The molecule has 1 nitrogen and oxygen atoms in total. The van der Waals surface area contributed by atoms with E-state index in [4.69, 9.17) is 0 Å². The van der Waals surface area contributed by atoms with Crippen LogP contribution in [0.15, 0.2) is 28.9 Å². The van der Waals surface area contributed by atoms with Crippen LogP contribution in [-0.4, -0.2) is 12.9 Å². The Bertz CT molecular complexity index is 188. The lowest BCUT2D eigenvalue weighted by Gasteiger charge is -2.03. The molecule has 11 heavy (non-hydrogen) atoms. The van der Waals surface area contributed by atoms with E-state index in [-0.39, 0.29) is 0 Å². The van der Waals surface area contributed by atoms with Gasteiger partial charge >= 0.3 is 6.18 Å². The molecule has 0 saturated carbocycles. The number of hydrogen-bond acceptors (Lipinski definition) is 1. The fraction of sp³-hybridized carbons (Fsp3) is 0.286. The van der Waals surface area contributed by atoms with Crippen molar-refractivity contribution in [2.24, 2.45) is 4.99 Å². The highest BCUT2D eigenvalue weighted by molar-refractivity contribution is 5.31. The van der Waals surface area contributed by atoms with E-state index < -0.39 is 11.9 Å². The minimum atomic E-state index is -4.40. The van der Waals surface area contributed by atoms with Gasteiger partial charge in [0, 0.05) is 0 Å². The van der Waals surface area contributed by atoms with Gasteiger partial charge in [0.15, 0.2) is 0 Å². The van der Waals surface area contributed by atoms with Crippen LogP contribution in [0.25, 0.3) is 0 Å². The van der Waals surface area contributed by atoms with Gasteiger partial charge in [-0.2, -0.15) is 13.2 Å². The number of rotatable bonds is 2. The van der Waals surface area contributed by atoms with Crippen molar-refractivity contribution in [1.29, 1.82) is 0 Å². The average Bonchev–Trinajstić information content (AvgIpc) is 1.87. The number of hydrogen-bond donors (Lipinski definition) is 0. The average molecular weight is 163 g/mol. The van der Waals surface area contributed by atoms with Crippen molar-refractivity contribution in [3.05, 3.63) is 23.9 Å². The first-order valence-electron chi connectivity index (χ1n) is 2.89. The van der Waals surface area contributed by atoms with Crippen molar-refractivity contribution in [2.45, 2.75) is 13.1 Å². The van der Waals surface area contributed by atoms with Crippen LogP contribution in [0, 0.1) is 0 Å². The Kier molecular flexibility index (Phi) is 3.57. The van der Waals surface area contributed by atoms with Crippen LogP contribution in [0.5, 0.6) is 0 Å². The first-order chi connectivity index (χ1) is 5.02. The summed E-state index contributed by atoms with van der Waals surface area (Å²) in [4.78, 5) is 2.83. The highest BCUT2D eigenvalue weighted by Crippen LogP contribution is 2.25. The number of nitrogens with zero attached hydrogens (tertiary/aromatic N) is 1. The summed E-state index contributed by atoms with van der Waals surface area (Å²) < 4.78 is 35.4. The monoisotopic (exact) mass is 163 g/mol. The minimum absolute atomic E-state index is 0.868. The Morgan fingerprint density at radius 2 is 2.00 bits per heavy atom. The van der Waals surface area contributed by atoms with Crippen LogP contribution in [0.1, 0.15) is 6.92 Å². The Labute approximate surface area is 62.9 Å². The maximum atomic E-state index is 11.8. The molecule has 0 rings (SSSR count). The van der Waals surface area contributed by atoms with E-state index in [0.717, 1.165) is 6.08 Å². The van der Waals surface area contributed by atoms with Gasteiger partial charge in [0.1, 0.15) is 5.70 Å². The summed E-state index contributed by atoms with van der Waals surface area (Å²) in [5, 5.41) is 0. The van der Waals surface area contributed by atoms with E-state index in [1.54, 1.807) is 6.92 Å². The molecule has 0 aromatic carbocycles. The molecule has 0 amide bonds. The van der Waals surface area contributed by atoms with E-state index >= 15 is 0 Å². The molecule has 0 aliphatic carbocycles. The van der Waals surface area contributed by atoms with E-state index in [9.17, 15) is 13.2 Å². The predicted octanol–water partition coefficient (Wildman–Crippen LogP) is 2.71. The lowest BCUT2D eigenvalue weighted by Crippen LogP contribution is -2.09. The van der Waals surface area contributed by atoms with Crippen molar-refractivity contribution < 1.29 is 13.2 Å². The summed E-state index contributed by atoms with van der Waals surface area (Å²) in [5.41, 5.74) is -0.976. The molecule has 0 aromatic rings. The van der Waals surface area contributed by atoms with Crippen LogP contribution in [-0.2, 0) is 0 Å². The van der Waals surface area contributed by atoms with Gasteiger partial charge in [-0.15, -0.1) is 0 Å². The second-order valence-electron chi connectivity index (χ2n) is 1.73. The molecule has 62 valence electrons. The zero-order valence-corrected chi connectivity index (χ0v) is 6.02. The largest absolute Gasteiger partial charge is 0.433 e. The molecule has 0 bridgehead atoms. The molecule has 4 heteroatoms. The van der Waals surface area contributed by atoms with Gasteiger partial charge in [-0.25, -0.2) is 0 Å². The molecule has 0 atom stereocenters. The highest BCUT2D eigenvalue weighted by atomic mass is 19.4. The molecule has 0 spiro atoms. The van der Waals surface area contributed by atoms with Crippen LogP contribution in [0.4, 0.5) is 13.2 Å². The number of halogens is 3. The SMILES string of the molecule is C=N/C(=C\C=C\C)C(F)(F)F. The quantitative estimate of drug-likeness (QED) is 0.438. The number of alkyl halides is 3. The highest BCUT2D eigenvalue weighted by Gasteiger charge is 2.32. The zero-order valence-electron chi connectivity index (χ0n) is 6.02. The molecule has 0 aliphatic heterocycles. The van der Waals surface area contributed by atoms with Crippen molar-refractivity contribution >= 4 is 6.72 Å². The van der Waals surface area contributed by atoms with E-state index in [2.05, 4.69) is 11.7 Å². The van der Waals surface area contributed by atoms with E-state index in [1.165, 1.54) is 12.2 Å². The summed E-state index contributed by atoms with van der Waals surface area (Å²) in [6, 6.07) is 0. The second kappa shape index (κ2) is 3.95. The summed E-state index contributed by atoms with van der Waals surface area (Å²) in [6.45, 7) is 4.43. The van der Waals surface area contributed by atoms with Gasteiger partial charge in [0.2, 0.25) is 0 Å². The fourth-order valence-electron chi connectivity index (χ4n) is 0.424. The summed E-state index contributed by atoms with van der Waals surface area (Å²) >= 11 is 0. The van der Waals surface area contributed by atoms with Crippen LogP contribution < -0.4 is 0 Å². The van der Waals surface area contributed by atoms with E-state index in [0.29, 0.717) is 0 Å². The Morgan fingerprint density at radius 3 is 2.27 bits per heavy atom. The lowest BCUT2D eigenvalue weighted by molar-refractivity contribution is -0.0922. The summed E-state index contributed by atoms with van der Waals surface area (Å²) in [7, 11) is 0. The maximum absolute atomic E-state index is 11.8. The van der Waals surface area contributed by atoms with Gasteiger partial charge < -0.3 is 0 Å². The molecule has 0 aliphatic rings. The van der Waals surface area contributed by atoms with Gasteiger partial charge in [0.25, 0.3) is 0 Å². The van der Waals surface area contributed by atoms with Crippen molar-refractivity contribution in [1.82, 2.24) is 0 Å². The third-order valence-corrected chi connectivity index (χ3v) is 0.907. The summed E-state index contributed by atoms with van der Waals surface area (Å²) in [5.74, 6) is 0. The number of allylic oxidation sites excluding steroid dienone is 4. The first-order valence-corrected chi connectivity index (χ1v) is 2.89. The molecule has 0 aromatic heterocycles. The Morgan fingerprint density at radius 1 is 1.45 bits per heavy atom. The Balaban J connectivity index is 4.53. The van der Waals surface area contributed by atoms with E-state index in [1.807, 2.05) is 0 Å². The van der Waals surface area contributed by atoms with Gasteiger partial charge in [-0.3, -0.25) is 4.99 Å². The molecular formula is C7H8F3N. The lowest BCUT2D eigenvalue weighted by atomic mass is 10.3. The van der Waals surface area contributed by atoms with Crippen LogP contribution >= 0.6 is 0 Å². The van der Waals surface area contributed by atoms with Crippen molar-refractivity contribution in [3.63, 3.8) is 0 Å². The van der Waals surface area contributed by atoms with Crippen LogP contribution in [0.3, 0.4) is 0 Å². The third-order valence-electron chi connectivity index (χ3n) is 0.907. The molecule has 0 unspecified atom stereocenters. The molecule has 0 radical (unpaired) electrons. The fourth-order valence-corrected chi connectivity index (χ4v) is 0.424. The molecular weight excluding hydrogens is 155 g/mol. The normalized spacial score (nSPS) is 14.0. The second-order valence-corrected chi connectivity index (χ2v) is 1.73. The van der Waals surface area contributed by atoms with Gasteiger partial charge in [-0.1, -0.05) is 12.2 Å². The predicted molar refractivity (Wildman–Crippen MR) is 38.5 cm³/mol. The maximum Gasteiger partial charge on any atom is 0.433 e. The van der Waals surface area contributed by atoms with Gasteiger partial charge in [-0.05, 0) is 19.7 Å². The molecule has 0 fully saturated rings. The molecule has 0 heterocycles. The van der Waals surface area contributed by atoms with Crippen molar-refractivity contribution in [2.75, 3.05) is 0 Å². The smallest absolute Gasteiger partial charge is 0.260 e. The number of aliphatic imine (C=N–C) groups is 1. The minimum Gasteiger partial charge on any atom is -0.260 e. The topological polar surface area (TPSA) is 12.4 Å². The zero-order chi connectivity index (χ0) is 8.91. The standard InChI is InChI=1S/C7H8F3N/c1-3-4-5-6(11-2)7(8,9)10/h3-5H,2H2,1H3/b4-3+,6-5-.